The summed E-state index contributed by atoms with van der Waals surface area (Å²) in [6.45, 7) is 0. The van der Waals surface area contributed by atoms with Crippen LogP contribution in [-0.4, -0.2) is 5.97 Å². The molecule has 0 aliphatic heterocycles. The normalized spacial score (nSPS) is 10.2. The van der Waals surface area contributed by atoms with Crippen molar-refractivity contribution in [3.63, 3.8) is 0 Å². The fourth-order valence-electron chi connectivity index (χ4n) is 2.04. The number of benzene rings is 3. The monoisotopic (exact) mass is 358 g/mol. The Kier molecular flexibility index (Phi) is 5.04. The van der Waals surface area contributed by atoms with E-state index in [0.717, 1.165) is 0 Å². The molecular formula is C19H12Cl2O3. The molecule has 120 valence electrons. The van der Waals surface area contributed by atoms with Crippen molar-refractivity contribution in [2.24, 2.45) is 0 Å². The lowest BCUT2D eigenvalue weighted by Gasteiger charge is -2.11. The number of carbonyl (C=O) groups is 1. The fourth-order valence-corrected chi connectivity index (χ4v) is 2.53. The van der Waals surface area contributed by atoms with Gasteiger partial charge in [0.1, 0.15) is 5.75 Å². The Hall–Kier alpha value is -2.49. The van der Waals surface area contributed by atoms with Gasteiger partial charge in [-0.15, -0.1) is 0 Å². The lowest BCUT2D eigenvalue weighted by atomic mass is 10.2. The van der Waals surface area contributed by atoms with Gasteiger partial charge in [0.05, 0.1) is 10.6 Å². The average Bonchev–Trinajstić information content (AvgIpc) is 2.57. The van der Waals surface area contributed by atoms with Gasteiger partial charge in [-0.25, -0.2) is 4.79 Å². The van der Waals surface area contributed by atoms with Crippen LogP contribution < -0.4 is 9.47 Å². The van der Waals surface area contributed by atoms with E-state index in [1.54, 1.807) is 30.3 Å². The van der Waals surface area contributed by atoms with Crippen LogP contribution in [0.15, 0.2) is 72.8 Å². The maximum atomic E-state index is 12.3. The van der Waals surface area contributed by atoms with Crippen molar-refractivity contribution in [2.75, 3.05) is 0 Å². The van der Waals surface area contributed by atoms with E-state index in [9.17, 15) is 4.79 Å². The van der Waals surface area contributed by atoms with Gasteiger partial charge in [-0.1, -0.05) is 53.5 Å². The average molecular weight is 359 g/mol. The summed E-state index contributed by atoms with van der Waals surface area (Å²) in [5.74, 6) is 0.797. The van der Waals surface area contributed by atoms with E-state index < -0.39 is 5.97 Å². The van der Waals surface area contributed by atoms with E-state index in [2.05, 4.69) is 0 Å². The minimum absolute atomic E-state index is 0.231. The quantitative estimate of drug-likeness (QED) is 0.423. The zero-order valence-corrected chi connectivity index (χ0v) is 13.9. The highest BCUT2D eigenvalue weighted by Crippen LogP contribution is 2.32. The van der Waals surface area contributed by atoms with Crippen molar-refractivity contribution in [1.82, 2.24) is 0 Å². The summed E-state index contributed by atoms with van der Waals surface area (Å²) in [4.78, 5) is 12.3. The third-order valence-corrected chi connectivity index (χ3v) is 3.72. The van der Waals surface area contributed by atoms with Gasteiger partial charge in [-0.05, 0) is 42.5 Å². The Morgan fingerprint density at radius 1 is 0.792 bits per heavy atom. The number of rotatable bonds is 4. The number of ether oxygens (including phenoxy) is 2. The fraction of sp³-hybridized carbons (Fsp3) is 0. The molecule has 3 rings (SSSR count). The molecule has 0 atom stereocenters. The second kappa shape index (κ2) is 7.39. The molecule has 0 bridgehead atoms. The van der Waals surface area contributed by atoms with E-state index in [-0.39, 0.29) is 10.6 Å². The maximum absolute atomic E-state index is 12.3. The van der Waals surface area contributed by atoms with Crippen molar-refractivity contribution >= 4 is 29.2 Å². The van der Waals surface area contributed by atoms with Crippen LogP contribution in [0.5, 0.6) is 17.2 Å². The molecule has 3 nitrogen and oxygen atoms in total. The molecule has 0 aromatic heterocycles. The number of carbonyl (C=O) groups excluding carboxylic acids is 1. The lowest BCUT2D eigenvalue weighted by molar-refractivity contribution is 0.0731. The zero-order valence-electron chi connectivity index (χ0n) is 12.4. The maximum Gasteiger partial charge on any atom is 0.345 e. The summed E-state index contributed by atoms with van der Waals surface area (Å²) in [6, 6.07) is 20.8. The van der Waals surface area contributed by atoms with E-state index in [1.807, 2.05) is 30.3 Å². The molecule has 0 spiro atoms. The van der Waals surface area contributed by atoms with Gasteiger partial charge in [0, 0.05) is 5.02 Å². The topological polar surface area (TPSA) is 35.5 Å². The Balaban J connectivity index is 1.84. The Morgan fingerprint density at radius 2 is 1.46 bits per heavy atom. The number of hydrogen-bond donors (Lipinski definition) is 0. The predicted molar refractivity (Wildman–Crippen MR) is 94.4 cm³/mol. The van der Waals surface area contributed by atoms with Crippen LogP contribution in [0.4, 0.5) is 0 Å². The predicted octanol–water partition coefficient (Wildman–Crippen LogP) is 6.00. The highest BCUT2D eigenvalue weighted by Gasteiger charge is 2.16. The first-order chi connectivity index (χ1) is 11.6. The summed E-state index contributed by atoms with van der Waals surface area (Å²) in [7, 11) is 0. The van der Waals surface area contributed by atoms with E-state index in [4.69, 9.17) is 32.7 Å². The van der Waals surface area contributed by atoms with Crippen LogP contribution in [0.3, 0.4) is 0 Å². The molecule has 0 saturated carbocycles. The molecule has 0 unspecified atom stereocenters. The van der Waals surface area contributed by atoms with Crippen molar-refractivity contribution in [3.8, 4) is 17.2 Å². The Morgan fingerprint density at radius 3 is 2.17 bits per heavy atom. The molecule has 0 fully saturated rings. The molecule has 5 heteroatoms. The third kappa shape index (κ3) is 3.88. The van der Waals surface area contributed by atoms with Gasteiger partial charge in [0.25, 0.3) is 0 Å². The highest BCUT2D eigenvalue weighted by molar-refractivity contribution is 6.36. The van der Waals surface area contributed by atoms with E-state index in [0.29, 0.717) is 22.3 Å². The molecule has 0 amide bonds. The zero-order chi connectivity index (χ0) is 16.9. The van der Waals surface area contributed by atoms with Crippen molar-refractivity contribution < 1.29 is 14.3 Å². The van der Waals surface area contributed by atoms with E-state index in [1.165, 1.54) is 12.1 Å². The molecule has 0 N–H and O–H groups in total. The molecule has 0 radical (unpaired) electrons. The summed E-state index contributed by atoms with van der Waals surface area (Å²) >= 11 is 11.9. The third-order valence-electron chi connectivity index (χ3n) is 3.17. The summed E-state index contributed by atoms with van der Waals surface area (Å²) in [5.41, 5.74) is 0.232. The largest absolute Gasteiger partial charge is 0.453 e. The van der Waals surface area contributed by atoms with Crippen molar-refractivity contribution in [2.45, 2.75) is 0 Å². The number of para-hydroxylation sites is 3. The van der Waals surface area contributed by atoms with Gasteiger partial charge in [-0.2, -0.15) is 0 Å². The summed E-state index contributed by atoms with van der Waals surface area (Å²) < 4.78 is 11.2. The first kappa shape index (κ1) is 16.4. The highest BCUT2D eigenvalue weighted by atomic mass is 35.5. The standard InChI is InChI=1S/C19H12Cl2O3/c20-13-10-11-15(16(21)12-13)19(22)24-18-9-5-4-8-17(18)23-14-6-2-1-3-7-14/h1-12H. The molecule has 3 aromatic carbocycles. The van der Waals surface area contributed by atoms with Gasteiger partial charge in [0.15, 0.2) is 11.5 Å². The Labute approximate surface area is 149 Å². The van der Waals surface area contributed by atoms with Gasteiger partial charge < -0.3 is 9.47 Å². The summed E-state index contributed by atoms with van der Waals surface area (Å²) in [5, 5.41) is 0.679. The van der Waals surface area contributed by atoms with Crippen LogP contribution in [-0.2, 0) is 0 Å². The SMILES string of the molecule is O=C(Oc1ccccc1Oc1ccccc1)c1ccc(Cl)cc1Cl. The van der Waals surface area contributed by atoms with Gasteiger partial charge in [-0.3, -0.25) is 0 Å². The van der Waals surface area contributed by atoms with Crippen LogP contribution >= 0.6 is 23.2 Å². The van der Waals surface area contributed by atoms with E-state index >= 15 is 0 Å². The molecule has 0 aliphatic carbocycles. The molecule has 0 aliphatic rings. The first-order valence-corrected chi connectivity index (χ1v) is 7.88. The lowest BCUT2D eigenvalue weighted by Crippen LogP contribution is -2.09. The number of halogens is 2. The second-order valence-corrected chi connectivity index (χ2v) is 5.72. The molecule has 0 saturated heterocycles. The van der Waals surface area contributed by atoms with Gasteiger partial charge in [0.2, 0.25) is 0 Å². The van der Waals surface area contributed by atoms with Crippen LogP contribution in [0.25, 0.3) is 0 Å². The van der Waals surface area contributed by atoms with Crippen LogP contribution in [0.1, 0.15) is 10.4 Å². The number of esters is 1. The minimum Gasteiger partial charge on any atom is -0.453 e. The molecule has 3 aromatic rings. The summed E-state index contributed by atoms with van der Waals surface area (Å²) in [6.07, 6.45) is 0. The molecular weight excluding hydrogens is 347 g/mol. The Bertz CT molecular complexity index is 863. The van der Waals surface area contributed by atoms with Gasteiger partial charge >= 0.3 is 5.97 Å². The molecule has 0 heterocycles. The molecule has 24 heavy (non-hydrogen) atoms. The van der Waals surface area contributed by atoms with Crippen molar-refractivity contribution in [1.29, 1.82) is 0 Å². The minimum atomic E-state index is -0.583. The van der Waals surface area contributed by atoms with Crippen LogP contribution in [0.2, 0.25) is 10.0 Å². The van der Waals surface area contributed by atoms with Crippen LogP contribution in [0, 0.1) is 0 Å². The van der Waals surface area contributed by atoms with Crippen molar-refractivity contribution in [3.05, 3.63) is 88.4 Å². The second-order valence-electron chi connectivity index (χ2n) is 4.88. The first-order valence-electron chi connectivity index (χ1n) is 7.12. The smallest absolute Gasteiger partial charge is 0.345 e. The number of hydrogen-bond acceptors (Lipinski definition) is 3.